The fourth-order valence-corrected chi connectivity index (χ4v) is 5.08. The molecule has 1 atom stereocenters. The summed E-state index contributed by atoms with van der Waals surface area (Å²) in [7, 11) is -7.33. The average molecular weight is 403 g/mol. The predicted octanol–water partition coefficient (Wildman–Crippen LogP) is -1.18. The minimum Gasteiger partial charge on any atom is -0.366 e. The largest absolute Gasteiger partial charge is 0.366 e. The molecule has 1 fully saturated rings. The normalized spacial score (nSPS) is 26.0. The molecule has 0 radical (unpaired) electrons. The number of carbonyl (C=O) groups is 1. The lowest BCUT2D eigenvalue weighted by atomic mass is 10.0. The maximum Gasteiger partial charge on any atom is 0.256 e. The van der Waals surface area contributed by atoms with Crippen LogP contribution in [0, 0.1) is 0 Å². The lowest BCUT2D eigenvalue weighted by molar-refractivity contribution is -0.0907. The Kier molecular flexibility index (Phi) is 4.64. The number of benzene rings is 1. The van der Waals surface area contributed by atoms with Crippen LogP contribution in [0.2, 0.25) is 0 Å². The van der Waals surface area contributed by atoms with Gasteiger partial charge in [-0.1, -0.05) is 18.2 Å². The van der Waals surface area contributed by atoms with Crippen molar-refractivity contribution in [1.29, 1.82) is 0 Å². The molecule has 2 heterocycles. The fourth-order valence-electron chi connectivity index (χ4n) is 3.42. The second kappa shape index (κ2) is 6.27. The van der Waals surface area contributed by atoms with E-state index >= 15 is 0 Å². The lowest BCUT2D eigenvalue weighted by Gasteiger charge is -2.36. The van der Waals surface area contributed by atoms with Crippen LogP contribution in [0.1, 0.15) is 15.9 Å². The summed E-state index contributed by atoms with van der Waals surface area (Å²) in [6, 6.07) is 6.46. The number of hydrogen-bond acceptors (Lipinski definition) is 6. The van der Waals surface area contributed by atoms with E-state index in [0.717, 1.165) is 26.0 Å². The Bertz CT molecular complexity index is 946. The van der Waals surface area contributed by atoms with E-state index in [9.17, 15) is 26.7 Å². The first-order valence-corrected chi connectivity index (χ1v) is 11.7. The first-order valence-electron chi connectivity index (χ1n) is 7.99. The van der Waals surface area contributed by atoms with Crippen molar-refractivity contribution >= 4 is 26.0 Å². The van der Waals surface area contributed by atoms with Crippen LogP contribution in [-0.4, -0.2) is 86.6 Å². The van der Waals surface area contributed by atoms with Crippen molar-refractivity contribution in [2.45, 2.75) is 5.72 Å². The molecule has 1 unspecified atom stereocenters. The molecule has 0 bridgehead atoms. The minimum absolute atomic E-state index is 0.0293. The monoisotopic (exact) mass is 403 g/mol. The molecule has 2 aliphatic rings. The summed E-state index contributed by atoms with van der Waals surface area (Å²) in [4.78, 5) is 13.9. The van der Waals surface area contributed by atoms with Crippen LogP contribution in [0.3, 0.4) is 0 Å². The highest BCUT2D eigenvalue weighted by atomic mass is 32.2. The summed E-state index contributed by atoms with van der Waals surface area (Å²) in [5.74, 6) is -0.452. The SMILES string of the molecule is CS(=O)(=O)N1CCN2C(=O)c3ccccc3C2(O)CN(S(C)(=O)=O)CC1. The molecule has 0 aromatic heterocycles. The van der Waals surface area contributed by atoms with Crippen LogP contribution in [-0.2, 0) is 25.8 Å². The van der Waals surface area contributed by atoms with E-state index in [4.69, 9.17) is 0 Å². The van der Waals surface area contributed by atoms with Crippen molar-refractivity contribution in [3.05, 3.63) is 35.4 Å². The van der Waals surface area contributed by atoms with E-state index in [2.05, 4.69) is 0 Å². The van der Waals surface area contributed by atoms with E-state index in [1.165, 1.54) is 0 Å². The van der Waals surface area contributed by atoms with E-state index in [0.29, 0.717) is 5.56 Å². The minimum atomic E-state index is -3.73. The maximum absolute atomic E-state index is 12.8. The van der Waals surface area contributed by atoms with Crippen LogP contribution in [0.25, 0.3) is 0 Å². The molecular formula is C15H21N3O6S2. The fraction of sp³-hybridized carbons (Fsp3) is 0.533. The third kappa shape index (κ3) is 3.25. The van der Waals surface area contributed by atoms with Gasteiger partial charge in [0.25, 0.3) is 5.91 Å². The van der Waals surface area contributed by atoms with Crippen molar-refractivity contribution in [2.24, 2.45) is 0 Å². The van der Waals surface area contributed by atoms with Crippen LogP contribution in [0.15, 0.2) is 24.3 Å². The molecule has 1 aromatic carbocycles. The molecule has 1 N–H and O–H groups in total. The van der Waals surface area contributed by atoms with Crippen molar-refractivity contribution in [1.82, 2.24) is 13.5 Å². The average Bonchev–Trinajstić information content (AvgIpc) is 2.77. The summed E-state index contributed by atoms with van der Waals surface area (Å²) in [5, 5.41) is 11.3. The number of hydrogen-bond donors (Lipinski definition) is 1. The zero-order chi connectivity index (χ0) is 19.3. The number of aliphatic hydroxyl groups is 1. The van der Waals surface area contributed by atoms with Gasteiger partial charge in [-0.15, -0.1) is 0 Å². The number of carbonyl (C=O) groups excluding carboxylic acids is 1. The van der Waals surface area contributed by atoms with E-state index in [1.807, 2.05) is 0 Å². The van der Waals surface area contributed by atoms with Gasteiger partial charge in [-0.25, -0.2) is 16.8 Å². The Morgan fingerprint density at radius 3 is 2.08 bits per heavy atom. The summed E-state index contributed by atoms with van der Waals surface area (Å²) in [6.07, 6.45) is 2.02. The third-order valence-electron chi connectivity index (χ3n) is 4.79. The second-order valence-electron chi connectivity index (χ2n) is 6.58. The highest BCUT2D eigenvalue weighted by molar-refractivity contribution is 7.88. The molecule has 144 valence electrons. The van der Waals surface area contributed by atoms with Crippen molar-refractivity contribution in [3.8, 4) is 0 Å². The summed E-state index contributed by atoms with van der Waals surface area (Å²) in [6.45, 7) is -0.594. The van der Waals surface area contributed by atoms with Crippen molar-refractivity contribution in [2.75, 3.05) is 45.2 Å². The van der Waals surface area contributed by atoms with Gasteiger partial charge in [0.05, 0.1) is 19.1 Å². The Hall–Kier alpha value is -1.53. The van der Waals surface area contributed by atoms with Gasteiger partial charge < -0.3 is 10.0 Å². The Morgan fingerprint density at radius 2 is 1.46 bits per heavy atom. The smallest absolute Gasteiger partial charge is 0.256 e. The topological polar surface area (TPSA) is 115 Å². The van der Waals surface area contributed by atoms with Crippen molar-refractivity contribution in [3.63, 3.8) is 0 Å². The zero-order valence-electron chi connectivity index (χ0n) is 14.5. The third-order valence-corrected chi connectivity index (χ3v) is 7.34. The molecule has 2 aliphatic heterocycles. The van der Waals surface area contributed by atoms with Crippen LogP contribution < -0.4 is 0 Å². The van der Waals surface area contributed by atoms with Gasteiger partial charge in [0.2, 0.25) is 20.0 Å². The number of fused-ring (bicyclic) bond motifs is 3. The molecule has 0 spiro atoms. The number of amides is 1. The van der Waals surface area contributed by atoms with Gasteiger partial charge in [0, 0.05) is 37.3 Å². The van der Waals surface area contributed by atoms with Crippen LogP contribution >= 0.6 is 0 Å². The van der Waals surface area contributed by atoms with Crippen molar-refractivity contribution < 1.29 is 26.7 Å². The highest BCUT2D eigenvalue weighted by Crippen LogP contribution is 2.38. The molecule has 1 amide bonds. The molecule has 3 rings (SSSR count). The molecule has 26 heavy (non-hydrogen) atoms. The van der Waals surface area contributed by atoms with E-state index in [1.54, 1.807) is 24.3 Å². The van der Waals surface area contributed by atoms with Crippen LogP contribution in [0.4, 0.5) is 0 Å². The van der Waals surface area contributed by atoms with E-state index < -0.39 is 31.7 Å². The number of β-amino-alcohol motifs (C(OH)–C–C–N with tert-alkyl or cyclic N) is 1. The zero-order valence-corrected chi connectivity index (χ0v) is 16.1. The van der Waals surface area contributed by atoms with Gasteiger partial charge in [0.1, 0.15) is 0 Å². The Balaban J connectivity index is 2.11. The Morgan fingerprint density at radius 1 is 0.923 bits per heavy atom. The number of nitrogens with zero attached hydrogens (tertiary/aromatic N) is 3. The molecule has 0 aliphatic carbocycles. The summed E-state index contributed by atoms with van der Waals surface area (Å²) >= 11 is 0. The highest BCUT2D eigenvalue weighted by Gasteiger charge is 2.50. The lowest BCUT2D eigenvalue weighted by Crippen LogP contribution is -2.53. The van der Waals surface area contributed by atoms with Crippen LogP contribution in [0.5, 0.6) is 0 Å². The first kappa shape index (κ1) is 19.2. The van der Waals surface area contributed by atoms with E-state index in [-0.39, 0.29) is 38.3 Å². The second-order valence-corrected chi connectivity index (χ2v) is 10.5. The molecular weight excluding hydrogens is 382 g/mol. The van der Waals surface area contributed by atoms with Gasteiger partial charge in [-0.05, 0) is 6.07 Å². The first-order chi connectivity index (χ1) is 11.9. The number of sulfonamides is 2. The Labute approximate surface area is 152 Å². The van der Waals surface area contributed by atoms with Gasteiger partial charge >= 0.3 is 0 Å². The van der Waals surface area contributed by atoms with Gasteiger partial charge in [0.15, 0.2) is 5.72 Å². The molecule has 1 saturated heterocycles. The molecule has 9 nitrogen and oxygen atoms in total. The maximum atomic E-state index is 12.8. The summed E-state index contributed by atoms with van der Waals surface area (Å²) < 4.78 is 50.5. The molecule has 0 saturated carbocycles. The molecule has 11 heteroatoms. The predicted molar refractivity (Wildman–Crippen MR) is 94.2 cm³/mol. The summed E-state index contributed by atoms with van der Waals surface area (Å²) in [5.41, 5.74) is -1.23. The quantitative estimate of drug-likeness (QED) is 0.665. The van der Waals surface area contributed by atoms with Gasteiger partial charge in [-0.2, -0.15) is 8.61 Å². The molecule has 1 aromatic rings. The standard InChI is InChI=1S/C15H21N3O6S2/c1-25(21,22)16-7-8-17(26(2,23)24)11-15(20)13-6-4-3-5-12(13)14(19)18(15)10-9-16/h3-6,20H,7-11H2,1-2H3. The number of rotatable bonds is 2. The van der Waals surface area contributed by atoms with Gasteiger partial charge in [-0.3, -0.25) is 4.79 Å².